The summed E-state index contributed by atoms with van der Waals surface area (Å²) in [5.41, 5.74) is 0. The Morgan fingerprint density at radius 2 is 0.750 bits per heavy atom. The highest BCUT2D eigenvalue weighted by atomic mass is 16.5. The van der Waals surface area contributed by atoms with E-state index in [9.17, 15) is 4.79 Å². The highest BCUT2D eigenvalue weighted by molar-refractivity contribution is 5.48. The Bertz CT molecular complexity index is 832. The van der Waals surface area contributed by atoms with E-state index in [1.807, 2.05) is 7.11 Å². The van der Waals surface area contributed by atoms with E-state index in [1.54, 1.807) is 0 Å². The molecule has 2 atom stereocenters. The number of ether oxygens (including phenoxy) is 1. The molecule has 0 saturated heterocycles. The van der Waals surface area contributed by atoms with E-state index >= 15 is 0 Å². The summed E-state index contributed by atoms with van der Waals surface area (Å²) in [7, 11) is 4.15. The second kappa shape index (κ2) is 62.0. The molecule has 0 rings (SSSR count). The lowest BCUT2D eigenvalue weighted by molar-refractivity contribution is -0.122. The smallest absolute Gasteiger partial charge is 0.290 e. The van der Waals surface area contributed by atoms with Gasteiger partial charge in [0, 0.05) is 39.8 Å². The molecule has 0 aliphatic rings. The van der Waals surface area contributed by atoms with Gasteiger partial charge in [-0.25, -0.2) is 0 Å². The van der Waals surface area contributed by atoms with Gasteiger partial charge in [-0.15, -0.1) is 0 Å². The number of nitrogens with zero attached hydrogens (tertiary/aromatic N) is 2. The van der Waals surface area contributed by atoms with Crippen molar-refractivity contribution >= 4 is 12.8 Å². The SMILES string of the molecule is CCCCCCCCC(CCCCCC)CCCCCCN(CCCCCC=O)CCN(C)CCCCCCCCCO.CCCCCCCCC(CCCCCC)COC.O=CO. The standard InChI is InChI=1S/C39H80N2O2.C17H36O.CH2O2/c1-4-6-8-10-14-22-30-39(29-21-9-7-5-2)31-23-15-17-25-33-41(34-26-18-20-28-38-43)36-35-40(3)32-24-16-12-11-13-19-27-37-42;1-4-6-8-10-11-13-15-17(16-18-3)14-12-9-7-5-2;2-1-3/h38-39,42H,4-37H2,1-3H3;17H,4-16H2,1-3H3;1H,(H,2,3). The summed E-state index contributed by atoms with van der Waals surface area (Å²) in [5.74, 6) is 1.80. The molecule has 0 aromatic carbocycles. The van der Waals surface area contributed by atoms with Gasteiger partial charge in [-0.3, -0.25) is 4.79 Å². The molecule has 2 N–H and O–H groups in total. The number of unbranched alkanes of at least 4 members (excludes halogenated alkanes) is 28. The third-order valence-corrected chi connectivity index (χ3v) is 13.4. The molecule has 7 nitrogen and oxygen atoms in total. The van der Waals surface area contributed by atoms with Gasteiger partial charge in [0.15, 0.2) is 0 Å². The van der Waals surface area contributed by atoms with Crippen LogP contribution in [-0.4, -0.2) is 92.9 Å². The van der Waals surface area contributed by atoms with Gasteiger partial charge < -0.3 is 29.5 Å². The number of likely N-dealkylation sites (N-methyl/N-ethyl adjacent to an activating group) is 1. The number of carboxylic acid groups (broad SMARTS) is 1. The molecule has 0 saturated carbocycles. The van der Waals surface area contributed by atoms with Crippen molar-refractivity contribution in [2.75, 3.05) is 60.1 Å². The zero-order chi connectivity index (χ0) is 47.7. The molecular formula is C57H118N2O5. The third-order valence-electron chi connectivity index (χ3n) is 13.4. The minimum absolute atomic E-state index is 0.250. The van der Waals surface area contributed by atoms with E-state index in [0.717, 1.165) is 44.0 Å². The van der Waals surface area contributed by atoms with Crippen molar-refractivity contribution in [2.24, 2.45) is 11.8 Å². The monoisotopic (exact) mass is 911 g/mol. The predicted octanol–water partition coefficient (Wildman–Crippen LogP) is 16.7. The molecular weight excluding hydrogens is 793 g/mol. The van der Waals surface area contributed by atoms with Gasteiger partial charge in [-0.1, -0.05) is 233 Å². The number of carbonyl (C=O) groups excluding carboxylic acids is 1. The van der Waals surface area contributed by atoms with E-state index < -0.39 is 0 Å². The lowest BCUT2D eigenvalue weighted by Crippen LogP contribution is -2.35. The Kier molecular flexibility index (Phi) is 65.1. The third kappa shape index (κ3) is 59.0. The summed E-state index contributed by atoms with van der Waals surface area (Å²) in [5, 5.41) is 15.8. The molecule has 64 heavy (non-hydrogen) atoms. The predicted molar refractivity (Wildman–Crippen MR) is 282 cm³/mol. The normalized spacial score (nSPS) is 12.2. The molecule has 2 unspecified atom stereocenters. The maximum atomic E-state index is 10.7. The van der Waals surface area contributed by atoms with Crippen molar-refractivity contribution < 1.29 is 24.5 Å². The first-order valence-electron chi connectivity index (χ1n) is 28.5. The molecule has 0 bridgehead atoms. The molecule has 0 aromatic rings. The summed E-state index contributed by atoms with van der Waals surface area (Å²) in [6.07, 6.45) is 55.0. The fourth-order valence-corrected chi connectivity index (χ4v) is 9.12. The quantitative estimate of drug-likeness (QED) is 0.0464. The molecule has 0 aliphatic heterocycles. The highest BCUT2D eigenvalue weighted by Gasteiger charge is 2.11. The van der Waals surface area contributed by atoms with Crippen LogP contribution in [0.5, 0.6) is 0 Å². The van der Waals surface area contributed by atoms with Crippen molar-refractivity contribution in [1.82, 2.24) is 9.80 Å². The van der Waals surface area contributed by atoms with Crippen LogP contribution in [0.25, 0.3) is 0 Å². The van der Waals surface area contributed by atoms with Crippen LogP contribution in [0.3, 0.4) is 0 Å². The molecule has 0 aromatic heterocycles. The summed E-state index contributed by atoms with van der Waals surface area (Å²) in [6, 6.07) is 0. The summed E-state index contributed by atoms with van der Waals surface area (Å²) in [6.45, 7) is 16.3. The van der Waals surface area contributed by atoms with E-state index in [0.29, 0.717) is 6.61 Å². The molecule has 7 heteroatoms. The first kappa shape index (κ1) is 67.3. The van der Waals surface area contributed by atoms with Gasteiger partial charge >= 0.3 is 0 Å². The Balaban J connectivity index is -0.00000147. The van der Waals surface area contributed by atoms with E-state index in [2.05, 4.69) is 44.5 Å². The van der Waals surface area contributed by atoms with Crippen molar-refractivity contribution in [3.8, 4) is 0 Å². The van der Waals surface area contributed by atoms with Crippen molar-refractivity contribution in [2.45, 2.75) is 285 Å². The largest absolute Gasteiger partial charge is 0.483 e. The first-order chi connectivity index (χ1) is 31.4. The van der Waals surface area contributed by atoms with Crippen molar-refractivity contribution in [1.29, 1.82) is 0 Å². The van der Waals surface area contributed by atoms with Gasteiger partial charge in [-0.05, 0) is 83.5 Å². The Morgan fingerprint density at radius 1 is 0.422 bits per heavy atom. The number of carbonyl (C=O) groups is 2. The van der Waals surface area contributed by atoms with Crippen LogP contribution in [0.15, 0.2) is 0 Å². The van der Waals surface area contributed by atoms with Gasteiger partial charge in [0.05, 0.1) is 0 Å². The maximum Gasteiger partial charge on any atom is 0.290 e. The van der Waals surface area contributed by atoms with Gasteiger partial charge in [-0.2, -0.15) is 0 Å². The Labute approximate surface area is 402 Å². The van der Waals surface area contributed by atoms with Gasteiger partial charge in [0.25, 0.3) is 6.47 Å². The molecule has 0 spiro atoms. The Morgan fingerprint density at radius 3 is 1.14 bits per heavy atom. The molecule has 0 amide bonds. The van der Waals surface area contributed by atoms with Crippen LogP contribution in [0.4, 0.5) is 0 Å². The number of hydrogen-bond acceptors (Lipinski definition) is 6. The van der Waals surface area contributed by atoms with Crippen molar-refractivity contribution in [3.63, 3.8) is 0 Å². The van der Waals surface area contributed by atoms with Crippen LogP contribution < -0.4 is 0 Å². The number of aliphatic hydroxyl groups excluding tert-OH is 1. The molecule has 386 valence electrons. The number of rotatable bonds is 51. The van der Waals surface area contributed by atoms with Crippen molar-refractivity contribution in [3.05, 3.63) is 0 Å². The maximum absolute atomic E-state index is 10.7. The fourth-order valence-electron chi connectivity index (χ4n) is 9.12. The van der Waals surface area contributed by atoms with Crippen LogP contribution in [-0.2, 0) is 14.3 Å². The summed E-state index contributed by atoms with van der Waals surface area (Å²) < 4.78 is 5.36. The van der Waals surface area contributed by atoms with Crippen LogP contribution in [0.1, 0.15) is 285 Å². The van der Waals surface area contributed by atoms with E-state index in [1.165, 1.54) is 270 Å². The number of methoxy groups -OCH3 is 1. The Hall–Kier alpha value is -1.02. The second-order valence-corrected chi connectivity index (χ2v) is 19.7. The first-order valence-corrected chi connectivity index (χ1v) is 28.5. The number of aldehydes is 1. The fraction of sp³-hybridized carbons (Fsp3) is 0.965. The average Bonchev–Trinajstić information content (AvgIpc) is 3.29. The van der Waals surface area contributed by atoms with Crippen LogP contribution in [0.2, 0.25) is 0 Å². The topological polar surface area (TPSA) is 90.3 Å². The van der Waals surface area contributed by atoms with Crippen LogP contribution in [0, 0.1) is 11.8 Å². The highest BCUT2D eigenvalue weighted by Crippen LogP contribution is 2.25. The number of hydrogen-bond donors (Lipinski definition) is 2. The zero-order valence-electron chi connectivity index (χ0n) is 44.6. The van der Waals surface area contributed by atoms with Gasteiger partial charge in [0.1, 0.15) is 6.29 Å². The minimum atomic E-state index is -0.250. The zero-order valence-corrected chi connectivity index (χ0v) is 44.6. The number of aliphatic hydroxyl groups is 1. The van der Waals surface area contributed by atoms with E-state index in [4.69, 9.17) is 19.7 Å². The lowest BCUT2D eigenvalue weighted by atomic mass is 9.89. The van der Waals surface area contributed by atoms with Crippen LogP contribution >= 0.6 is 0 Å². The summed E-state index contributed by atoms with van der Waals surface area (Å²) >= 11 is 0. The summed E-state index contributed by atoms with van der Waals surface area (Å²) in [4.78, 5) is 24.3. The van der Waals surface area contributed by atoms with Gasteiger partial charge in [0.2, 0.25) is 0 Å². The average molecular weight is 912 g/mol. The minimum Gasteiger partial charge on any atom is -0.483 e. The lowest BCUT2D eigenvalue weighted by Gasteiger charge is -2.26. The molecule has 0 fully saturated rings. The second-order valence-electron chi connectivity index (χ2n) is 19.7. The molecule has 0 radical (unpaired) electrons. The van der Waals surface area contributed by atoms with E-state index in [-0.39, 0.29) is 6.47 Å². The molecule has 0 aliphatic carbocycles. The molecule has 0 heterocycles.